The van der Waals surface area contributed by atoms with Gasteiger partial charge in [-0.3, -0.25) is 20.0 Å². The van der Waals surface area contributed by atoms with Gasteiger partial charge in [0.05, 0.1) is 35.9 Å². The zero-order valence-corrected chi connectivity index (χ0v) is 20.3. The number of esters is 1. The molecule has 3 rings (SSSR count). The van der Waals surface area contributed by atoms with Crippen molar-refractivity contribution in [1.29, 1.82) is 10.7 Å². The number of benzene rings is 2. The maximum atomic E-state index is 13.3. The summed E-state index contributed by atoms with van der Waals surface area (Å²) in [5.74, 6) is -1.25. The highest BCUT2D eigenvalue weighted by Gasteiger charge is 2.42. The van der Waals surface area contributed by atoms with Crippen molar-refractivity contribution in [3.63, 3.8) is 0 Å². The topological polar surface area (TPSA) is 97.5 Å². The lowest BCUT2D eigenvalue weighted by Gasteiger charge is -2.42. The van der Waals surface area contributed by atoms with Crippen LogP contribution in [0.3, 0.4) is 0 Å². The molecule has 0 spiro atoms. The minimum atomic E-state index is -4.63. The van der Waals surface area contributed by atoms with Gasteiger partial charge in [-0.1, -0.05) is 28.1 Å². The Labute approximate surface area is 208 Å². The van der Waals surface area contributed by atoms with Crippen molar-refractivity contribution >= 4 is 40.0 Å². The molecule has 1 aliphatic rings. The highest BCUT2D eigenvalue weighted by atomic mass is 79.9. The number of alkyl halides is 4. The van der Waals surface area contributed by atoms with E-state index in [0.29, 0.717) is 34.9 Å². The van der Waals surface area contributed by atoms with E-state index in [2.05, 4.69) is 15.9 Å². The standard InChI is InChI=1S/C24H20BrF3N4O3/c1-14-20(22(34)35-2)21(19-7-6-15(12-29)10-16(19)8-9-25)31(13-33)23(30)32(14)18-5-3-4-17(11-18)24(26,27)28/h3-7,10-11,13,21,30H,8-9H2,1-2H3. The molecule has 35 heavy (non-hydrogen) atoms. The van der Waals surface area contributed by atoms with Crippen molar-refractivity contribution in [2.24, 2.45) is 0 Å². The van der Waals surface area contributed by atoms with E-state index in [-0.39, 0.29) is 17.0 Å². The van der Waals surface area contributed by atoms with Crippen LogP contribution in [-0.2, 0) is 26.9 Å². The van der Waals surface area contributed by atoms with Crippen LogP contribution in [0.2, 0.25) is 0 Å². The zero-order chi connectivity index (χ0) is 25.9. The van der Waals surface area contributed by atoms with Crippen LogP contribution in [0.1, 0.15) is 35.2 Å². The summed E-state index contributed by atoms with van der Waals surface area (Å²) in [7, 11) is 1.15. The summed E-state index contributed by atoms with van der Waals surface area (Å²) >= 11 is 3.36. The molecule has 0 saturated heterocycles. The van der Waals surface area contributed by atoms with E-state index in [9.17, 15) is 28.0 Å². The van der Waals surface area contributed by atoms with E-state index in [1.165, 1.54) is 25.1 Å². The first kappa shape index (κ1) is 26.0. The monoisotopic (exact) mass is 548 g/mol. The van der Waals surface area contributed by atoms with E-state index in [1.807, 2.05) is 6.07 Å². The fourth-order valence-corrected chi connectivity index (χ4v) is 4.46. The summed E-state index contributed by atoms with van der Waals surface area (Å²) < 4.78 is 45.0. The number of amides is 1. The molecule has 1 N–H and O–H groups in total. The molecule has 1 aliphatic heterocycles. The van der Waals surface area contributed by atoms with Gasteiger partial charge in [-0.05, 0) is 54.8 Å². The number of nitrogens with zero attached hydrogens (tertiary/aromatic N) is 3. The van der Waals surface area contributed by atoms with Gasteiger partial charge in [0.25, 0.3) is 0 Å². The molecule has 0 aromatic heterocycles. The molecular formula is C24H20BrF3N4O3. The van der Waals surface area contributed by atoms with Crippen LogP contribution >= 0.6 is 15.9 Å². The van der Waals surface area contributed by atoms with Crippen molar-refractivity contribution in [3.05, 3.63) is 76.0 Å². The molecule has 2 aromatic carbocycles. The molecule has 2 aromatic rings. The molecule has 0 aliphatic carbocycles. The predicted octanol–water partition coefficient (Wildman–Crippen LogP) is 4.92. The summed E-state index contributed by atoms with van der Waals surface area (Å²) in [5.41, 5.74) is 0.651. The Hall–Kier alpha value is -3.65. The number of carbonyl (C=O) groups excluding carboxylic acids is 2. The minimum Gasteiger partial charge on any atom is -0.466 e. The third kappa shape index (κ3) is 4.93. The SMILES string of the molecule is COC(=O)C1=C(C)N(c2cccc(C(F)(F)F)c2)C(=N)N(C=O)C1c1ccc(C#N)cc1CCBr. The zero-order valence-electron chi connectivity index (χ0n) is 18.7. The number of aryl methyl sites for hydroxylation is 1. The normalized spacial score (nSPS) is 16.3. The van der Waals surface area contributed by atoms with E-state index in [1.54, 1.807) is 12.1 Å². The van der Waals surface area contributed by atoms with Gasteiger partial charge in [0, 0.05) is 16.7 Å². The fourth-order valence-electron chi connectivity index (χ4n) is 4.04. The molecule has 182 valence electrons. The largest absolute Gasteiger partial charge is 0.466 e. The Balaban J connectivity index is 2.30. The molecule has 0 radical (unpaired) electrons. The molecule has 0 saturated carbocycles. The minimum absolute atomic E-state index is 0.0199. The first-order valence-corrected chi connectivity index (χ1v) is 11.4. The lowest BCUT2D eigenvalue weighted by atomic mass is 9.88. The van der Waals surface area contributed by atoms with Crippen molar-refractivity contribution in [1.82, 2.24) is 4.90 Å². The van der Waals surface area contributed by atoms with Gasteiger partial charge >= 0.3 is 12.1 Å². The number of ether oxygens (including phenoxy) is 1. The van der Waals surface area contributed by atoms with E-state index >= 15 is 0 Å². The smallest absolute Gasteiger partial charge is 0.416 e. The fraction of sp³-hybridized carbons (Fsp3) is 0.250. The van der Waals surface area contributed by atoms with Crippen molar-refractivity contribution < 1.29 is 27.5 Å². The van der Waals surface area contributed by atoms with Crippen molar-refractivity contribution in [2.75, 3.05) is 17.3 Å². The van der Waals surface area contributed by atoms with Gasteiger partial charge in [-0.25, -0.2) is 4.79 Å². The molecular weight excluding hydrogens is 529 g/mol. The number of rotatable bonds is 6. The number of methoxy groups -OCH3 is 1. The average molecular weight is 549 g/mol. The number of carbonyl (C=O) groups is 2. The predicted molar refractivity (Wildman–Crippen MR) is 126 cm³/mol. The number of halogens is 4. The van der Waals surface area contributed by atoms with Crippen LogP contribution in [0, 0.1) is 16.7 Å². The molecule has 1 heterocycles. The van der Waals surface area contributed by atoms with Gasteiger partial charge in [0.1, 0.15) is 0 Å². The maximum absolute atomic E-state index is 13.3. The van der Waals surface area contributed by atoms with Crippen LogP contribution in [0.25, 0.3) is 0 Å². The van der Waals surface area contributed by atoms with Crippen LogP contribution in [0.5, 0.6) is 0 Å². The lowest BCUT2D eigenvalue weighted by Crippen LogP contribution is -2.51. The quantitative estimate of drug-likeness (QED) is 0.314. The Morgan fingerprint density at radius 3 is 2.57 bits per heavy atom. The number of guanidine groups is 1. The second-order valence-corrected chi connectivity index (χ2v) is 8.37. The average Bonchev–Trinajstić information content (AvgIpc) is 2.83. The van der Waals surface area contributed by atoms with Crippen LogP contribution in [0.15, 0.2) is 53.7 Å². The first-order valence-electron chi connectivity index (χ1n) is 10.3. The second-order valence-electron chi connectivity index (χ2n) is 7.58. The number of nitriles is 1. The summed E-state index contributed by atoms with van der Waals surface area (Å²) in [6, 6.07) is 9.98. The Kier molecular flexibility index (Phi) is 7.65. The highest BCUT2D eigenvalue weighted by molar-refractivity contribution is 9.09. The van der Waals surface area contributed by atoms with Gasteiger partial charge in [-0.15, -0.1) is 0 Å². The van der Waals surface area contributed by atoms with E-state index < -0.39 is 29.7 Å². The van der Waals surface area contributed by atoms with Gasteiger partial charge in [0.15, 0.2) is 0 Å². The lowest BCUT2D eigenvalue weighted by molar-refractivity contribution is -0.138. The van der Waals surface area contributed by atoms with E-state index in [4.69, 9.17) is 10.1 Å². The molecule has 0 fully saturated rings. The van der Waals surface area contributed by atoms with Gasteiger partial charge in [0.2, 0.25) is 12.4 Å². The van der Waals surface area contributed by atoms with E-state index in [0.717, 1.165) is 29.0 Å². The molecule has 1 amide bonds. The summed E-state index contributed by atoms with van der Waals surface area (Å²) in [4.78, 5) is 27.3. The highest BCUT2D eigenvalue weighted by Crippen LogP contribution is 2.41. The molecule has 1 unspecified atom stereocenters. The Morgan fingerprint density at radius 2 is 2.00 bits per heavy atom. The molecule has 11 heteroatoms. The van der Waals surface area contributed by atoms with Crippen molar-refractivity contribution in [3.8, 4) is 6.07 Å². The summed E-state index contributed by atoms with van der Waals surface area (Å²) in [6.45, 7) is 1.48. The third-order valence-electron chi connectivity index (χ3n) is 5.61. The molecule has 7 nitrogen and oxygen atoms in total. The van der Waals surface area contributed by atoms with Crippen LogP contribution in [-0.4, -0.2) is 35.7 Å². The Morgan fingerprint density at radius 1 is 1.29 bits per heavy atom. The molecule has 0 bridgehead atoms. The number of allylic oxidation sites excluding steroid dienone is 1. The number of hydrogen-bond donors (Lipinski definition) is 1. The summed E-state index contributed by atoms with van der Waals surface area (Å²) in [5, 5.41) is 18.5. The summed E-state index contributed by atoms with van der Waals surface area (Å²) in [6.07, 6.45) is -3.83. The van der Waals surface area contributed by atoms with Crippen LogP contribution < -0.4 is 4.90 Å². The first-order chi connectivity index (χ1) is 16.6. The maximum Gasteiger partial charge on any atom is 0.416 e. The number of nitrogens with one attached hydrogen (secondary N) is 1. The third-order valence-corrected chi connectivity index (χ3v) is 6.01. The molecule has 1 atom stereocenters. The number of anilines is 1. The number of hydrogen-bond acceptors (Lipinski definition) is 5. The Bertz CT molecular complexity index is 1250. The second kappa shape index (κ2) is 10.3. The van der Waals surface area contributed by atoms with Crippen LogP contribution in [0.4, 0.5) is 18.9 Å². The van der Waals surface area contributed by atoms with Crippen molar-refractivity contribution in [2.45, 2.75) is 25.6 Å². The van der Waals surface area contributed by atoms with Gasteiger partial charge < -0.3 is 4.74 Å². The van der Waals surface area contributed by atoms with Gasteiger partial charge in [-0.2, -0.15) is 18.4 Å².